The Bertz CT molecular complexity index is 797. The van der Waals surface area contributed by atoms with Crippen molar-refractivity contribution < 1.29 is 23.4 Å². The summed E-state index contributed by atoms with van der Waals surface area (Å²) in [6.07, 6.45) is 1.49. The number of carbonyl (C=O) groups excluding carboxylic acids is 1. The minimum atomic E-state index is -4.07. The van der Waals surface area contributed by atoms with Crippen LogP contribution in [-0.4, -0.2) is 64.6 Å². The fourth-order valence-corrected chi connectivity index (χ4v) is 4.96. The number of sulfonamides is 1. The number of carbonyl (C=O) groups is 1. The van der Waals surface area contributed by atoms with E-state index in [2.05, 4.69) is 10.3 Å². The number of nitrogens with two attached hydrogens (primary N) is 1. The minimum absolute atomic E-state index is 0.146. The van der Waals surface area contributed by atoms with E-state index < -0.39 is 38.5 Å². The summed E-state index contributed by atoms with van der Waals surface area (Å²) < 4.78 is 26.7. The van der Waals surface area contributed by atoms with Gasteiger partial charge in [0.25, 0.3) is 10.0 Å². The lowest BCUT2D eigenvalue weighted by molar-refractivity contribution is -0.128. The monoisotopic (exact) mass is 414 g/mol. The van der Waals surface area contributed by atoms with Crippen LogP contribution in [0.2, 0.25) is 0 Å². The van der Waals surface area contributed by atoms with Gasteiger partial charge >= 0.3 is 0 Å². The first kappa shape index (κ1) is 22.5. The largest absolute Gasteiger partial charge is 0.505 e. The zero-order valence-electron chi connectivity index (χ0n) is 16.5. The quantitative estimate of drug-likeness (QED) is 0.519. The Labute approximate surface area is 166 Å². The predicted molar refractivity (Wildman–Crippen MR) is 104 cm³/mol. The molecule has 1 aliphatic heterocycles. The van der Waals surface area contributed by atoms with E-state index in [-0.39, 0.29) is 24.9 Å². The smallest absolute Gasteiger partial charge is 0.264 e. The van der Waals surface area contributed by atoms with Gasteiger partial charge in [-0.25, -0.2) is 13.4 Å². The number of amides is 1. The Morgan fingerprint density at radius 3 is 2.79 bits per heavy atom. The van der Waals surface area contributed by atoms with Gasteiger partial charge in [0.05, 0.1) is 17.7 Å². The van der Waals surface area contributed by atoms with E-state index >= 15 is 0 Å². The molecule has 1 amide bonds. The van der Waals surface area contributed by atoms with Crippen molar-refractivity contribution in [3.63, 3.8) is 0 Å². The molecule has 1 aromatic rings. The second-order valence-corrected chi connectivity index (χ2v) is 9.85. The molecule has 1 fully saturated rings. The van der Waals surface area contributed by atoms with Gasteiger partial charge in [-0.15, -0.1) is 0 Å². The first-order valence-electron chi connectivity index (χ1n) is 9.37. The van der Waals surface area contributed by atoms with Crippen molar-refractivity contribution in [3.8, 4) is 5.75 Å². The Hall–Kier alpha value is -1.75. The number of rotatable bonds is 6. The maximum atomic E-state index is 12.8. The average molecular weight is 415 g/mol. The summed E-state index contributed by atoms with van der Waals surface area (Å²) in [7, 11) is -4.07. The minimum Gasteiger partial charge on any atom is -0.505 e. The van der Waals surface area contributed by atoms with Crippen LogP contribution in [0.3, 0.4) is 0 Å². The summed E-state index contributed by atoms with van der Waals surface area (Å²) in [5.74, 6) is -0.589. The number of aromatic hydroxyl groups is 1. The molecule has 5 N–H and O–H groups in total. The number of nitrogens with zero attached hydrogens (tertiary/aromatic N) is 2. The van der Waals surface area contributed by atoms with Crippen LogP contribution in [0.4, 0.5) is 0 Å². The van der Waals surface area contributed by atoms with E-state index in [9.17, 15) is 23.4 Å². The summed E-state index contributed by atoms with van der Waals surface area (Å²) >= 11 is 0. The number of hydrogen-bond donors (Lipinski definition) is 4. The van der Waals surface area contributed by atoms with E-state index in [1.54, 1.807) is 6.92 Å². The summed E-state index contributed by atoms with van der Waals surface area (Å²) in [5.41, 5.74) is 5.04. The van der Waals surface area contributed by atoms with E-state index in [0.29, 0.717) is 19.3 Å². The number of pyridine rings is 1. The van der Waals surface area contributed by atoms with Crippen molar-refractivity contribution in [2.24, 2.45) is 11.7 Å². The van der Waals surface area contributed by atoms with Crippen LogP contribution in [0.1, 0.15) is 40.0 Å². The second-order valence-electron chi connectivity index (χ2n) is 8.00. The van der Waals surface area contributed by atoms with Crippen molar-refractivity contribution in [3.05, 3.63) is 18.3 Å². The molecule has 2 rings (SSSR count). The molecule has 0 bridgehead atoms. The van der Waals surface area contributed by atoms with E-state index in [0.717, 1.165) is 4.31 Å². The molecule has 0 aromatic carbocycles. The lowest BCUT2D eigenvalue weighted by Gasteiger charge is -2.30. The fourth-order valence-electron chi connectivity index (χ4n) is 3.47. The van der Waals surface area contributed by atoms with Crippen LogP contribution in [-0.2, 0) is 14.8 Å². The van der Waals surface area contributed by atoms with Crippen molar-refractivity contribution in [1.29, 1.82) is 0 Å². The molecule has 10 heteroatoms. The summed E-state index contributed by atoms with van der Waals surface area (Å²) in [6, 6.07) is 2.06. The molecule has 9 nitrogen and oxygen atoms in total. The van der Waals surface area contributed by atoms with Crippen LogP contribution in [0.5, 0.6) is 5.75 Å². The third kappa shape index (κ3) is 5.19. The maximum Gasteiger partial charge on any atom is 0.264 e. The van der Waals surface area contributed by atoms with Crippen molar-refractivity contribution in [2.75, 3.05) is 13.1 Å². The maximum absolute atomic E-state index is 12.8. The number of aliphatic hydroxyl groups excluding tert-OH is 1. The lowest BCUT2D eigenvalue weighted by Crippen LogP contribution is -2.57. The second kappa shape index (κ2) is 8.73. The van der Waals surface area contributed by atoms with E-state index in [1.165, 1.54) is 18.3 Å². The Balaban J connectivity index is 2.12. The molecule has 0 spiro atoms. The number of hydrogen-bond acceptors (Lipinski definition) is 7. The summed E-state index contributed by atoms with van der Waals surface area (Å²) in [4.78, 5) is 16.3. The van der Waals surface area contributed by atoms with Crippen LogP contribution in [0.15, 0.2) is 23.4 Å². The molecule has 0 aliphatic carbocycles. The number of aliphatic hydroxyl groups is 1. The van der Waals surface area contributed by atoms with Gasteiger partial charge in [0, 0.05) is 19.3 Å². The van der Waals surface area contributed by atoms with Gasteiger partial charge in [-0.1, -0.05) is 13.8 Å². The van der Waals surface area contributed by atoms with Gasteiger partial charge in [-0.05, 0) is 44.2 Å². The molecule has 2 heterocycles. The number of aromatic nitrogens is 1. The molecule has 1 aliphatic rings. The Morgan fingerprint density at radius 1 is 1.50 bits per heavy atom. The van der Waals surface area contributed by atoms with Crippen LogP contribution < -0.4 is 11.1 Å². The van der Waals surface area contributed by atoms with E-state index in [1.807, 2.05) is 13.8 Å². The van der Waals surface area contributed by atoms with Gasteiger partial charge in [-0.2, -0.15) is 4.31 Å². The van der Waals surface area contributed by atoms with Crippen molar-refractivity contribution in [1.82, 2.24) is 14.6 Å². The highest BCUT2D eigenvalue weighted by Crippen LogP contribution is 2.25. The van der Waals surface area contributed by atoms with Gasteiger partial charge < -0.3 is 21.3 Å². The third-order valence-corrected chi connectivity index (χ3v) is 6.60. The first-order valence-corrected chi connectivity index (χ1v) is 10.8. The third-order valence-electron chi connectivity index (χ3n) is 4.78. The molecule has 0 radical (unpaired) electrons. The Kier molecular flexibility index (Phi) is 7.02. The highest BCUT2D eigenvalue weighted by atomic mass is 32.2. The number of β-amino-alcohol motifs (C(OH)–C–C–N with tert-alkyl or cyclic N) is 1. The standard InChI is InChI=1S/C18H30N4O5S/c1-12(2)10-18(3,19)17(25)21-13-6-5-9-22(11-15(13)24)28(26,27)16-14(23)7-4-8-20-16/h4,7-8,12-13,15,23-24H,5-6,9-11,19H2,1-3H3,(H,21,25). The van der Waals surface area contributed by atoms with Gasteiger partial charge in [0.1, 0.15) is 0 Å². The molecule has 28 heavy (non-hydrogen) atoms. The highest BCUT2D eigenvalue weighted by Gasteiger charge is 2.37. The summed E-state index contributed by atoms with van der Waals surface area (Å²) in [6.45, 7) is 5.51. The predicted octanol–water partition coefficient (Wildman–Crippen LogP) is 0.181. The van der Waals surface area contributed by atoms with Gasteiger partial charge in [0.2, 0.25) is 10.9 Å². The van der Waals surface area contributed by atoms with Crippen molar-refractivity contribution >= 4 is 15.9 Å². The zero-order chi connectivity index (χ0) is 21.1. The normalized spacial score (nSPS) is 23.8. The number of nitrogens with one attached hydrogen (secondary N) is 1. The Morgan fingerprint density at radius 2 is 2.18 bits per heavy atom. The van der Waals surface area contributed by atoms with Crippen LogP contribution >= 0.6 is 0 Å². The lowest BCUT2D eigenvalue weighted by atomic mass is 9.90. The molecule has 3 unspecified atom stereocenters. The fraction of sp³-hybridized carbons (Fsp3) is 0.667. The molecule has 0 saturated carbocycles. The average Bonchev–Trinajstić information content (AvgIpc) is 2.76. The molecule has 1 saturated heterocycles. The van der Waals surface area contributed by atoms with Gasteiger partial charge in [-0.3, -0.25) is 4.79 Å². The highest BCUT2D eigenvalue weighted by molar-refractivity contribution is 7.89. The van der Waals surface area contributed by atoms with Crippen molar-refractivity contribution in [2.45, 2.75) is 62.7 Å². The van der Waals surface area contributed by atoms with E-state index in [4.69, 9.17) is 5.73 Å². The van der Waals surface area contributed by atoms with Gasteiger partial charge in [0.15, 0.2) is 5.75 Å². The van der Waals surface area contributed by atoms with Crippen LogP contribution in [0, 0.1) is 5.92 Å². The first-order chi connectivity index (χ1) is 12.9. The molecule has 1 aromatic heterocycles. The molecular formula is C18H30N4O5S. The summed E-state index contributed by atoms with van der Waals surface area (Å²) in [5, 5.41) is 22.7. The molecule has 158 valence electrons. The molecule has 3 atom stereocenters. The molecular weight excluding hydrogens is 384 g/mol. The van der Waals surface area contributed by atoms with Crippen LogP contribution in [0.25, 0.3) is 0 Å². The SMILES string of the molecule is CC(C)CC(C)(N)C(=O)NC1CCCN(S(=O)(=O)c2ncccc2O)CC1O. The topological polar surface area (TPSA) is 146 Å². The zero-order valence-corrected chi connectivity index (χ0v) is 17.3.